The molecule has 0 saturated carbocycles. The second kappa shape index (κ2) is 8.49. The lowest BCUT2D eigenvalue weighted by atomic mass is 10.1. The van der Waals surface area contributed by atoms with E-state index in [9.17, 15) is 9.59 Å². The summed E-state index contributed by atoms with van der Waals surface area (Å²) in [6.45, 7) is 1.23. The molecule has 2 N–H and O–H groups in total. The van der Waals surface area contributed by atoms with Gasteiger partial charge in [0.15, 0.2) is 0 Å². The van der Waals surface area contributed by atoms with Crippen molar-refractivity contribution in [3.63, 3.8) is 0 Å². The predicted molar refractivity (Wildman–Crippen MR) is 96.6 cm³/mol. The monoisotopic (exact) mass is 355 g/mol. The third kappa shape index (κ3) is 4.83. The van der Waals surface area contributed by atoms with Crippen molar-refractivity contribution >= 4 is 17.6 Å². The van der Waals surface area contributed by atoms with E-state index in [1.807, 2.05) is 0 Å². The third-order valence-electron chi connectivity index (χ3n) is 4.16. The van der Waals surface area contributed by atoms with Crippen molar-refractivity contribution in [2.75, 3.05) is 18.5 Å². The van der Waals surface area contributed by atoms with Gasteiger partial charge in [-0.25, -0.2) is 0 Å². The van der Waals surface area contributed by atoms with Gasteiger partial charge in [-0.3, -0.25) is 9.59 Å². The van der Waals surface area contributed by atoms with Gasteiger partial charge in [0.05, 0.1) is 12.5 Å². The smallest absolute Gasteiger partial charge is 0.307 e. The minimum absolute atomic E-state index is 0.107. The van der Waals surface area contributed by atoms with Gasteiger partial charge >= 0.3 is 5.97 Å². The second-order valence-corrected chi connectivity index (χ2v) is 6.16. The molecule has 26 heavy (non-hydrogen) atoms. The maximum absolute atomic E-state index is 12.5. The van der Waals surface area contributed by atoms with E-state index in [0.717, 1.165) is 19.4 Å². The van der Waals surface area contributed by atoms with Gasteiger partial charge in [-0.2, -0.15) is 0 Å². The zero-order valence-electron chi connectivity index (χ0n) is 14.3. The van der Waals surface area contributed by atoms with Crippen LogP contribution in [0.5, 0.6) is 5.75 Å². The predicted octanol–water partition coefficient (Wildman–Crippen LogP) is 3.12. The minimum atomic E-state index is -0.948. The van der Waals surface area contributed by atoms with E-state index in [1.165, 1.54) is 0 Å². The second-order valence-electron chi connectivity index (χ2n) is 6.16. The standard InChI is InChI=1S/C20H21NO5/c22-19(23)12-14-5-1-2-9-18(14)21-20(24)15-6-3-7-16(11-15)26-13-17-8-4-10-25-17/h1-3,5-7,9,11,17H,4,8,10,12-13H2,(H,21,24)(H,22,23). The van der Waals surface area contributed by atoms with E-state index < -0.39 is 5.97 Å². The summed E-state index contributed by atoms with van der Waals surface area (Å²) in [4.78, 5) is 23.5. The van der Waals surface area contributed by atoms with Gasteiger partial charge in [0.25, 0.3) is 5.91 Å². The highest BCUT2D eigenvalue weighted by atomic mass is 16.5. The number of ether oxygens (including phenoxy) is 2. The normalized spacial score (nSPS) is 16.2. The van der Waals surface area contributed by atoms with E-state index in [1.54, 1.807) is 48.5 Å². The molecular weight excluding hydrogens is 334 g/mol. The highest BCUT2D eigenvalue weighted by molar-refractivity contribution is 6.05. The Balaban J connectivity index is 1.66. The highest BCUT2D eigenvalue weighted by Crippen LogP contribution is 2.20. The Labute approximate surface area is 151 Å². The highest BCUT2D eigenvalue weighted by Gasteiger charge is 2.16. The van der Waals surface area contributed by atoms with Crippen molar-refractivity contribution < 1.29 is 24.2 Å². The van der Waals surface area contributed by atoms with Crippen LogP contribution >= 0.6 is 0 Å². The number of carbonyl (C=O) groups excluding carboxylic acids is 1. The SMILES string of the molecule is O=C(O)Cc1ccccc1NC(=O)c1cccc(OCC2CCCO2)c1. The number of para-hydroxylation sites is 1. The number of rotatable bonds is 7. The zero-order valence-corrected chi connectivity index (χ0v) is 14.3. The van der Waals surface area contributed by atoms with Gasteiger partial charge in [-0.15, -0.1) is 0 Å². The lowest BCUT2D eigenvalue weighted by molar-refractivity contribution is -0.136. The summed E-state index contributed by atoms with van der Waals surface area (Å²) in [7, 11) is 0. The summed E-state index contributed by atoms with van der Waals surface area (Å²) in [6.07, 6.45) is 1.99. The van der Waals surface area contributed by atoms with Gasteiger partial charge in [0.1, 0.15) is 12.4 Å². The maximum atomic E-state index is 12.5. The summed E-state index contributed by atoms with van der Waals surface area (Å²) >= 11 is 0. The van der Waals surface area contributed by atoms with Crippen molar-refractivity contribution in [2.24, 2.45) is 0 Å². The van der Waals surface area contributed by atoms with Crippen LogP contribution in [0.25, 0.3) is 0 Å². The Morgan fingerprint density at radius 3 is 2.81 bits per heavy atom. The molecule has 2 aromatic carbocycles. The first kappa shape index (κ1) is 17.9. The summed E-state index contributed by atoms with van der Waals surface area (Å²) in [5, 5.41) is 11.8. The summed E-state index contributed by atoms with van der Waals surface area (Å²) < 4.78 is 11.2. The van der Waals surface area contributed by atoms with Crippen LogP contribution in [0.15, 0.2) is 48.5 Å². The van der Waals surface area contributed by atoms with Crippen molar-refractivity contribution in [1.29, 1.82) is 0 Å². The molecule has 1 heterocycles. The van der Waals surface area contributed by atoms with E-state index >= 15 is 0 Å². The number of benzene rings is 2. The Bertz CT molecular complexity index is 783. The minimum Gasteiger partial charge on any atom is -0.491 e. The number of hydrogen-bond acceptors (Lipinski definition) is 4. The molecule has 1 atom stereocenters. The van der Waals surface area contributed by atoms with Crippen LogP contribution in [-0.4, -0.2) is 36.3 Å². The van der Waals surface area contributed by atoms with Gasteiger partial charge in [-0.05, 0) is 42.7 Å². The molecule has 1 unspecified atom stereocenters. The molecule has 0 radical (unpaired) electrons. The van der Waals surface area contributed by atoms with Gasteiger partial charge < -0.3 is 19.9 Å². The molecule has 6 nitrogen and oxygen atoms in total. The molecular formula is C20H21NO5. The Morgan fingerprint density at radius 1 is 1.19 bits per heavy atom. The van der Waals surface area contributed by atoms with Crippen LogP contribution < -0.4 is 10.1 Å². The Morgan fingerprint density at radius 2 is 2.04 bits per heavy atom. The van der Waals surface area contributed by atoms with E-state index in [2.05, 4.69) is 5.32 Å². The quantitative estimate of drug-likeness (QED) is 0.797. The fourth-order valence-electron chi connectivity index (χ4n) is 2.85. The lowest BCUT2D eigenvalue weighted by Gasteiger charge is -2.13. The molecule has 0 spiro atoms. The number of carboxylic acid groups (broad SMARTS) is 1. The molecule has 0 aromatic heterocycles. The zero-order chi connectivity index (χ0) is 18.4. The third-order valence-corrected chi connectivity index (χ3v) is 4.16. The molecule has 0 bridgehead atoms. The van der Waals surface area contributed by atoms with E-state index in [4.69, 9.17) is 14.6 Å². The van der Waals surface area contributed by atoms with Crippen molar-refractivity contribution in [3.05, 3.63) is 59.7 Å². The Kier molecular flexibility index (Phi) is 5.86. The molecule has 0 aliphatic carbocycles. The molecule has 136 valence electrons. The number of carbonyl (C=O) groups is 2. The van der Waals surface area contributed by atoms with Crippen LogP contribution in [0, 0.1) is 0 Å². The van der Waals surface area contributed by atoms with Crippen molar-refractivity contribution in [1.82, 2.24) is 0 Å². The lowest BCUT2D eigenvalue weighted by Crippen LogP contribution is -2.17. The van der Waals surface area contributed by atoms with Crippen LogP contribution in [0.3, 0.4) is 0 Å². The molecule has 1 aliphatic heterocycles. The topological polar surface area (TPSA) is 84.9 Å². The average Bonchev–Trinajstić information content (AvgIpc) is 3.15. The van der Waals surface area contributed by atoms with Gasteiger partial charge in [0, 0.05) is 17.9 Å². The van der Waals surface area contributed by atoms with Crippen LogP contribution in [-0.2, 0) is 16.0 Å². The number of hydrogen-bond donors (Lipinski definition) is 2. The van der Waals surface area contributed by atoms with Crippen molar-refractivity contribution in [3.8, 4) is 5.75 Å². The van der Waals surface area contributed by atoms with E-state index in [0.29, 0.717) is 29.2 Å². The molecule has 6 heteroatoms. The number of anilines is 1. The first-order valence-corrected chi connectivity index (χ1v) is 8.57. The number of aliphatic carboxylic acids is 1. The number of carboxylic acids is 1. The number of amides is 1. The first-order chi connectivity index (χ1) is 12.6. The maximum Gasteiger partial charge on any atom is 0.307 e. The molecule has 1 amide bonds. The van der Waals surface area contributed by atoms with E-state index in [-0.39, 0.29) is 18.4 Å². The van der Waals surface area contributed by atoms with Crippen LogP contribution in [0.4, 0.5) is 5.69 Å². The average molecular weight is 355 g/mol. The van der Waals surface area contributed by atoms with Gasteiger partial charge in [-0.1, -0.05) is 24.3 Å². The van der Waals surface area contributed by atoms with Crippen molar-refractivity contribution in [2.45, 2.75) is 25.4 Å². The summed E-state index contributed by atoms with van der Waals surface area (Å²) in [5.74, 6) is -0.659. The molecule has 2 aromatic rings. The summed E-state index contributed by atoms with van der Waals surface area (Å²) in [5.41, 5.74) is 1.49. The largest absolute Gasteiger partial charge is 0.491 e. The molecule has 3 rings (SSSR count). The van der Waals surface area contributed by atoms with Crippen LogP contribution in [0.2, 0.25) is 0 Å². The number of nitrogens with one attached hydrogen (secondary N) is 1. The van der Waals surface area contributed by atoms with Crippen LogP contribution in [0.1, 0.15) is 28.8 Å². The molecule has 1 fully saturated rings. The molecule has 1 aliphatic rings. The molecule has 1 saturated heterocycles. The fourth-order valence-corrected chi connectivity index (χ4v) is 2.85. The fraction of sp³-hybridized carbons (Fsp3) is 0.300. The summed E-state index contributed by atoms with van der Waals surface area (Å²) in [6, 6.07) is 13.8. The first-order valence-electron chi connectivity index (χ1n) is 8.57. The van der Waals surface area contributed by atoms with Gasteiger partial charge in [0.2, 0.25) is 0 Å². The Hall–Kier alpha value is -2.86.